The zero-order chi connectivity index (χ0) is 11.5. The lowest BCUT2D eigenvalue weighted by molar-refractivity contribution is -0.309. The summed E-state index contributed by atoms with van der Waals surface area (Å²) in [5.74, 6) is -0.457. The minimum atomic E-state index is -4.64. The molecule has 0 radical (unpaired) electrons. The molecule has 2 atom stereocenters. The molecule has 5 heteroatoms. The standard InChI is InChI=1S/C10H14F3NO/c1-2-8(14)7-5-3-4-6-9(7)15-10(11,12)13/h3-4,6-8H,2,5,14H2,1H3. The van der Waals surface area contributed by atoms with Gasteiger partial charge in [0.1, 0.15) is 5.76 Å². The molecule has 1 aliphatic rings. The van der Waals surface area contributed by atoms with Crippen LogP contribution in [0.2, 0.25) is 0 Å². The lowest BCUT2D eigenvalue weighted by Crippen LogP contribution is -2.33. The molecule has 0 saturated carbocycles. The Morgan fingerprint density at radius 3 is 2.80 bits per heavy atom. The second-order valence-corrected chi connectivity index (χ2v) is 3.46. The monoisotopic (exact) mass is 221 g/mol. The molecule has 0 bridgehead atoms. The number of hydrogen-bond donors (Lipinski definition) is 1. The summed E-state index contributed by atoms with van der Waals surface area (Å²) in [6.45, 7) is 1.84. The van der Waals surface area contributed by atoms with Crippen LogP contribution in [0, 0.1) is 5.92 Å². The maximum atomic E-state index is 12.1. The third kappa shape index (κ3) is 3.58. The first-order valence-electron chi connectivity index (χ1n) is 4.82. The van der Waals surface area contributed by atoms with E-state index in [-0.39, 0.29) is 17.7 Å². The minimum absolute atomic E-state index is 0.0839. The van der Waals surface area contributed by atoms with Gasteiger partial charge in [-0.25, -0.2) is 0 Å². The molecule has 2 N–H and O–H groups in total. The van der Waals surface area contributed by atoms with Crippen LogP contribution in [0.4, 0.5) is 13.2 Å². The van der Waals surface area contributed by atoms with Gasteiger partial charge >= 0.3 is 6.36 Å². The molecule has 15 heavy (non-hydrogen) atoms. The predicted octanol–water partition coefficient (Wildman–Crippen LogP) is 2.72. The van der Waals surface area contributed by atoms with Gasteiger partial charge < -0.3 is 10.5 Å². The van der Waals surface area contributed by atoms with Gasteiger partial charge in [0.05, 0.1) is 0 Å². The number of ether oxygens (including phenoxy) is 1. The highest BCUT2D eigenvalue weighted by atomic mass is 19.4. The molecule has 0 amide bonds. The Bertz CT molecular complexity index is 270. The molecule has 0 fully saturated rings. The summed E-state index contributed by atoms with van der Waals surface area (Å²) in [5, 5.41) is 0. The lowest BCUT2D eigenvalue weighted by atomic mass is 9.90. The largest absolute Gasteiger partial charge is 0.572 e. The Balaban J connectivity index is 2.73. The summed E-state index contributed by atoms with van der Waals surface area (Å²) in [7, 11) is 0. The third-order valence-electron chi connectivity index (χ3n) is 2.37. The highest BCUT2D eigenvalue weighted by molar-refractivity contribution is 5.18. The first-order chi connectivity index (χ1) is 6.94. The van der Waals surface area contributed by atoms with Crippen molar-refractivity contribution in [3.05, 3.63) is 24.0 Å². The van der Waals surface area contributed by atoms with Gasteiger partial charge in [0.25, 0.3) is 0 Å². The van der Waals surface area contributed by atoms with Crippen molar-refractivity contribution < 1.29 is 17.9 Å². The molecular weight excluding hydrogens is 207 g/mol. The van der Waals surface area contributed by atoms with Gasteiger partial charge in [-0.3, -0.25) is 0 Å². The summed E-state index contributed by atoms with van der Waals surface area (Å²) in [6.07, 6.45) is 1.16. The molecule has 1 rings (SSSR count). The Morgan fingerprint density at radius 2 is 2.27 bits per heavy atom. The zero-order valence-corrected chi connectivity index (χ0v) is 8.42. The molecule has 1 aliphatic carbocycles. The summed E-state index contributed by atoms with van der Waals surface area (Å²) in [5.41, 5.74) is 5.73. The van der Waals surface area contributed by atoms with E-state index in [9.17, 15) is 13.2 Å². The van der Waals surface area contributed by atoms with E-state index in [2.05, 4.69) is 4.74 Å². The van der Waals surface area contributed by atoms with E-state index in [1.54, 1.807) is 12.2 Å². The van der Waals surface area contributed by atoms with Crippen LogP contribution >= 0.6 is 0 Å². The fourth-order valence-corrected chi connectivity index (χ4v) is 1.54. The number of allylic oxidation sites excluding steroid dienone is 3. The van der Waals surface area contributed by atoms with Gasteiger partial charge in [0.2, 0.25) is 0 Å². The third-order valence-corrected chi connectivity index (χ3v) is 2.37. The fourth-order valence-electron chi connectivity index (χ4n) is 1.54. The van der Waals surface area contributed by atoms with Crippen LogP contribution in [0.5, 0.6) is 0 Å². The van der Waals surface area contributed by atoms with Crippen LogP contribution in [0.15, 0.2) is 24.0 Å². The molecule has 2 unspecified atom stereocenters. The summed E-state index contributed by atoms with van der Waals surface area (Å²) >= 11 is 0. The topological polar surface area (TPSA) is 35.2 Å². The van der Waals surface area contributed by atoms with Gasteiger partial charge in [-0.05, 0) is 18.9 Å². The average Bonchev–Trinajstić information content (AvgIpc) is 2.15. The number of nitrogens with two attached hydrogens (primary N) is 1. The van der Waals surface area contributed by atoms with Gasteiger partial charge in [0.15, 0.2) is 0 Å². The van der Waals surface area contributed by atoms with Crippen LogP contribution in [-0.4, -0.2) is 12.4 Å². The minimum Gasteiger partial charge on any atom is -0.410 e. The van der Waals surface area contributed by atoms with E-state index in [1.807, 2.05) is 6.92 Å². The van der Waals surface area contributed by atoms with Crippen molar-refractivity contribution in [3.8, 4) is 0 Å². The molecule has 2 nitrogen and oxygen atoms in total. The first kappa shape index (κ1) is 12.1. The van der Waals surface area contributed by atoms with E-state index in [1.165, 1.54) is 6.08 Å². The molecule has 86 valence electrons. The smallest absolute Gasteiger partial charge is 0.410 e. The van der Waals surface area contributed by atoms with Gasteiger partial charge in [0, 0.05) is 12.0 Å². The predicted molar refractivity (Wildman–Crippen MR) is 50.7 cm³/mol. The van der Waals surface area contributed by atoms with Crippen molar-refractivity contribution >= 4 is 0 Å². The second-order valence-electron chi connectivity index (χ2n) is 3.46. The summed E-state index contributed by atoms with van der Waals surface area (Å²) in [4.78, 5) is 0. The normalized spacial score (nSPS) is 23.5. The highest BCUT2D eigenvalue weighted by Crippen LogP contribution is 2.31. The summed E-state index contributed by atoms with van der Waals surface area (Å²) in [6, 6.07) is -0.302. The second kappa shape index (κ2) is 4.70. The van der Waals surface area contributed by atoms with E-state index < -0.39 is 6.36 Å². The van der Waals surface area contributed by atoms with Crippen molar-refractivity contribution in [2.45, 2.75) is 32.2 Å². The van der Waals surface area contributed by atoms with Gasteiger partial charge in [-0.1, -0.05) is 19.1 Å². The average molecular weight is 221 g/mol. The Morgan fingerprint density at radius 1 is 1.60 bits per heavy atom. The van der Waals surface area contributed by atoms with Crippen molar-refractivity contribution in [2.75, 3.05) is 0 Å². The van der Waals surface area contributed by atoms with Crippen LogP contribution in [0.25, 0.3) is 0 Å². The number of rotatable bonds is 3. The SMILES string of the molecule is CCC(N)C1CC=CC=C1OC(F)(F)F. The van der Waals surface area contributed by atoms with Crippen LogP contribution in [0.3, 0.4) is 0 Å². The maximum Gasteiger partial charge on any atom is 0.572 e. The van der Waals surface area contributed by atoms with Crippen molar-refractivity contribution in [2.24, 2.45) is 11.7 Å². The molecule has 0 saturated heterocycles. The molecule has 0 aliphatic heterocycles. The van der Waals surface area contributed by atoms with E-state index >= 15 is 0 Å². The van der Waals surface area contributed by atoms with Gasteiger partial charge in [-0.15, -0.1) is 13.2 Å². The first-order valence-corrected chi connectivity index (χ1v) is 4.82. The molecule has 0 aromatic rings. The molecule has 0 heterocycles. The number of hydrogen-bond acceptors (Lipinski definition) is 2. The van der Waals surface area contributed by atoms with E-state index in [0.717, 1.165) is 0 Å². The number of halogens is 3. The molecule has 0 spiro atoms. The molecular formula is C10H14F3NO. The van der Waals surface area contributed by atoms with Crippen molar-refractivity contribution in [1.29, 1.82) is 0 Å². The molecule has 0 aromatic heterocycles. The van der Waals surface area contributed by atoms with Gasteiger partial charge in [-0.2, -0.15) is 0 Å². The van der Waals surface area contributed by atoms with Crippen LogP contribution in [-0.2, 0) is 4.74 Å². The van der Waals surface area contributed by atoms with Crippen LogP contribution in [0.1, 0.15) is 19.8 Å². The van der Waals surface area contributed by atoms with Crippen molar-refractivity contribution in [1.82, 2.24) is 0 Å². The quantitative estimate of drug-likeness (QED) is 0.795. The van der Waals surface area contributed by atoms with E-state index in [0.29, 0.717) is 12.8 Å². The Hall–Kier alpha value is -0.970. The molecule has 0 aromatic carbocycles. The Labute approximate surface area is 86.6 Å². The zero-order valence-electron chi connectivity index (χ0n) is 8.42. The number of alkyl halides is 3. The maximum absolute atomic E-state index is 12.1. The fraction of sp³-hybridized carbons (Fsp3) is 0.600. The summed E-state index contributed by atoms with van der Waals surface area (Å²) < 4.78 is 40.1. The lowest BCUT2D eigenvalue weighted by Gasteiger charge is -2.26. The highest BCUT2D eigenvalue weighted by Gasteiger charge is 2.35. The van der Waals surface area contributed by atoms with Crippen molar-refractivity contribution in [3.63, 3.8) is 0 Å². The van der Waals surface area contributed by atoms with E-state index in [4.69, 9.17) is 5.73 Å². The van der Waals surface area contributed by atoms with Crippen LogP contribution < -0.4 is 5.73 Å². The Kier molecular flexibility index (Phi) is 3.79.